The summed E-state index contributed by atoms with van der Waals surface area (Å²) in [5, 5.41) is 3.11. The fourth-order valence-corrected chi connectivity index (χ4v) is 3.88. The van der Waals surface area contributed by atoms with Crippen LogP contribution in [-0.4, -0.2) is 44.2 Å². The number of amides is 1. The second-order valence-corrected chi connectivity index (χ2v) is 7.75. The van der Waals surface area contributed by atoms with Gasteiger partial charge in [-0.05, 0) is 42.7 Å². The quantitative estimate of drug-likeness (QED) is 0.723. The first-order valence-corrected chi connectivity index (χ1v) is 9.98. The Balaban J connectivity index is 1.58. The summed E-state index contributed by atoms with van der Waals surface area (Å²) in [7, 11) is 3.07. The third kappa shape index (κ3) is 5.02. The maximum atomic E-state index is 13.0. The number of rotatable bonds is 6. The first-order valence-electron chi connectivity index (χ1n) is 9.19. The van der Waals surface area contributed by atoms with E-state index in [2.05, 4.69) is 26.1 Å². The van der Waals surface area contributed by atoms with Gasteiger partial charge in [0.25, 0.3) is 5.91 Å². The van der Waals surface area contributed by atoms with E-state index in [-0.39, 0.29) is 17.8 Å². The molecule has 2 aromatic rings. The predicted molar refractivity (Wildman–Crippen MR) is 109 cm³/mol. The molecular weight excluding hydrogens is 426 g/mol. The molecule has 1 amide bonds. The van der Waals surface area contributed by atoms with Crippen molar-refractivity contribution in [1.29, 1.82) is 0 Å². The number of halogens is 2. The molecule has 1 N–H and O–H groups in total. The van der Waals surface area contributed by atoms with Gasteiger partial charge in [-0.15, -0.1) is 0 Å². The normalized spacial score (nSPS) is 15.3. The van der Waals surface area contributed by atoms with Crippen LogP contribution in [0.4, 0.5) is 4.39 Å². The molecule has 28 heavy (non-hydrogen) atoms. The van der Waals surface area contributed by atoms with Crippen LogP contribution in [0.2, 0.25) is 0 Å². The van der Waals surface area contributed by atoms with Gasteiger partial charge in [0.15, 0.2) is 11.5 Å². The Morgan fingerprint density at radius 2 is 1.86 bits per heavy atom. The van der Waals surface area contributed by atoms with Crippen molar-refractivity contribution in [3.05, 3.63) is 57.8 Å². The van der Waals surface area contributed by atoms with Gasteiger partial charge in [-0.3, -0.25) is 9.69 Å². The highest BCUT2D eigenvalue weighted by Crippen LogP contribution is 2.34. The van der Waals surface area contributed by atoms with Gasteiger partial charge >= 0.3 is 0 Å². The number of nitrogens with zero attached hydrogens (tertiary/aromatic N) is 1. The van der Waals surface area contributed by atoms with E-state index in [1.165, 1.54) is 19.2 Å². The SMILES string of the molecule is COc1cc(Br)cc(C(=O)NC2CCN(Cc3ccc([18F])cc3)CC2)c1OC. The molecule has 5 nitrogen and oxygen atoms in total. The molecule has 3 rings (SSSR count). The summed E-state index contributed by atoms with van der Waals surface area (Å²) >= 11 is 3.41. The highest BCUT2D eigenvalue weighted by molar-refractivity contribution is 9.10. The lowest BCUT2D eigenvalue weighted by atomic mass is 10.0. The first-order chi connectivity index (χ1) is 13.5. The second kappa shape index (κ2) is 9.39. The van der Waals surface area contributed by atoms with Gasteiger partial charge in [0.05, 0.1) is 19.8 Å². The van der Waals surface area contributed by atoms with Crippen LogP contribution in [0.25, 0.3) is 0 Å². The number of carbonyl (C=O) groups excluding carboxylic acids is 1. The van der Waals surface area contributed by atoms with E-state index in [4.69, 9.17) is 9.47 Å². The van der Waals surface area contributed by atoms with Gasteiger partial charge in [0.1, 0.15) is 5.82 Å². The van der Waals surface area contributed by atoms with Crippen molar-refractivity contribution in [3.63, 3.8) is 0 Å². The van der Waals surface area contributed by atoms with Crippen molar-refractivity contribution in [2.24, 2.45) is 0 Å². The number of piperidine rings is 1. The topological polar surface area (TPSA) is 50.8 Å². The summed E-state index contributed by atoms with van der Waals surface area (Å²) in [5.41, 5.74) is 1.54. The lowest BCUT2D eigenvalue weighted by molar-refractivity contribution is 0.0905. The molecule has 1 aliphatic heterocycles. The molecule has 0 bridgehead atoms. The molecule has 150 valence electrons. The molecule has 0 atom stereocenters. The van der Waals surface area contributed by atoms with Crippen LogP contribution in [0.15, 0.2) is 40.9 Å². The van der Waals surface area contributed by atoms with Crippen molar-refractivity contribution in [1.82, 2.24) is 10.2 Å². The zero-order valence-electron chi connectivity index (χ0n) is 16.0. The summed E-state index contributed by atoms with van der Waals surface area (Å²) in [6.07, 6.45) is 1.72. The maximum absolute atomic E-state index is 13.0. The Bertz CT molecular complexity index is 821. The summed E-state index contributed by atoms with van der Waals surface area (Å²) < 4.78 is 24.5. The Morgan fingerprint density at radius 1 is 1.18 bits per heavy atom. The van der Waals surface area contributed by atoms with Crippen LogP contribution in [-0.2, 0) is 6.54 Å². The number of ether oxygens (including phenoxy) is 2. The van der Waals surface area contributed by atoms with Gasteiger partial charge < -0.3 is 14.8 Å². The minimum atomic E-state index is -0.218. The van der Waals surface area contributed by atoms with Crippen LogP contribution in [0, 0.1) is 5.82 Å². The summed E-state index contributed by atoms with van der Waals surface area (Å²) in [4.78, 5) is 15.1. The van der Waals surface area contributed by atoms with Crippen LogP contribution in [0.3, 0.4) is 0 Å². The molecule has 0 unspecified atom stereocenters. The largest absolute Gasteiger partial charge is 0.493 e. The summed E-state index contributed by atoms with van der Waals surface area (Å²) in [6.45, 7) is 2.54. The Hall–Kier alpha value is -2.12. The standard InChI is InChI=1S/C21H24BrFN2O3/c1-27-19-12-15(22)11-18(20(19)28-2)21(26)24-17-7-9-25(10-8-17)13-14-3-5-16(23)6-4-14/h3-6,11-12,17H,7-10,13H2,1-2H3,(H,24,26)/i23-1. The van der Waals surface area contributed by atoms with Gasteiger partial charge in [-0.25, -0.2) is 4.39 Å². The van der Waals surface area contributed by atoms with E-state index in [0.717, 1.165) is 42.5 Å². The van der Waals surface area contributed by atoms with Gasteiger partial charge in [-0.2, -0.15) is 0 Å². The third-order valence-corrected chi connectivity index (χ3v) is 5.39. The van der Waals surface area contributed by atoms with E-state index < -0.39 is 0 Å². The third-order valence-electron chi connectivity index (χ3n) is 4.93. The molecule has 0 radical (unpaired) electrons. The van der Waals surface area contributed by atoms with Crippen molar-refractivity contribution >= 4 is 21.8 Å². The number of hydrogen-bond acceptors (Lipinski definition) is 4. The van der Waals surface area contributed by atoms with Crippen LogP contribution < -0.4 is 14.8 Å². The number of carbonyl (C=O) groups is 1. The molecule has 0 aliphatic carbocycles. The lowest BCUT2D eigenvalue weighted by Gasteiger charge is -2.32. The van der Waals surface area contributed by atoms with Crippen LogP contribution in [0.1, 0.15) is 28.8 Å². The molecule has 1 saturated heterocycles. The highest BCUT2D eigenvalue weighted by Gasteiger charge is 2.24. The molecule has 1 heterocycles. The lowest BCUT2D eigenvalue weighted by Crippen LogP contribution is -2.44. The predicted octanol–water partition coefficient (Wildman–Crippen LogP) is 4.00. The monoisotopic (exact) mass is 449 g/mol. The number of hydrogen-bond donors (Lipinski definition) is 1. The Kier molecular flexibility index (Phi) is 6.91. The Morgan fingerprint density at radius 3 is 2.46 bits per heavy atom. The van der Waals surface area contributed by atoms with Crippen molar-refractivity contribution in [2.45, 2.75) is 25.4 Å². The van der Waals surface area contributed by atoms with Gasteiger partial charge in [-0.1, -0.05) is 28.1 Å². The van der Waals surface area contributed by atoms with E-state index in [1.807, 2.05) is 12.1 Å². The molecule has 1 fully saturated rings. The molecule has 2 aromatic carbocycles. The van der Waals surface area contributed by atoms with Crippen LogP contribution >= 0.6 is 15.9 Å². The number of methoxy groups -OCH3 is 2. The van der Waals surface area contributed by atoms with E-state index >= 15 is 0 Å². The van der Waals surface area contributed by atoms with Crippen molar-refractivity contribution < 1.29 is 18.7 Å². The van der Waals surface area contributed by atoms with Crippen LogP contribution in [0.5, 0.6) is 11.5 Å². The van der Waals surface area contributed by atoms with E-state index in [1.54, 1.807) is 19.2 Å². The highest BCUT2D eigenvalue weighted by atomic mass is 79.9. The minimum absolute atomic E-state index is 0.103. The van der Waals surface area contributed by atoms with Gasteiger partial charge in [0.2, 0.25) is 0 Å². The fourth-order valence-electron chi connectivity index (χ4n) is 3.45. The molecule has 0 spiro atoms. The average molecular weight is 450 g/mol. The molecule has 7 heteroatoms. The summed E-state index contributed by atoms with van der Waals surface area (Å²) in [5.74, 6) is 0.548. The minimum Gasteiger partial charge on any atom is -0.493 e. The van der Waals surface area contributed by atoms with E-state index in [9.17, 15) is 9.18 Å². The molecule has 0 saturated carbocycles. The van der Waals surface area contributed by atoms with Crippen molar-refractivity contribution in [3.8, 4) is 11.5 Å². The number of likely N-dealkylation sites (tertiary alicyclic amines) is 1. The molecular formula is C21H24BrFN2O3. The second-order valence-electron chi connectivity index (χ2n) is 6.84. The zero-order valence-corrected chi connectivity index (χ0v) is 17.6. The number of nitrogens with one attached hydrogen (secondary N) is 1. The van der Waals surface area contributed by atoms with E-state index in [0.29, 0.717) is 17.1 Å². The molecule has 0 aromatic heterocycles. The number of benzene rings is 2. The smallest absolute Gasteiger partial charge is 0.255 e. The van der Waals surface area contributed by atoms with Crippen molar-refractivity contribution in [2.75, 3.05) is 27.3 Å². The Labute approximate surface area is 172 Å². The van der Waals surface area contributed by atoms with Gasteiger partial charge in [0, 0.05) is 30.1 Å². The summed E-state index contributed by atoms with van der Waals surface area (Å²) in [6, 6.07) is 10.2. The average Bonchev–Trinajstić information content (AvgIpc) is 2.70. The fraction of sp³-hybridized carbons (Fsp3) is 0.381. The maximum Gasteiger partial charge on any atom is 0.255 e. The first kappa shape index (κ1) is 20.6. The zero-order chi connectivity index (χ0) is 20.1. The molecule has 1 aliphatic rings.